The number of hydrogen-bond acceptors (Lipinski definition) is 3. The minimum Gasteiger partial charge on any atom is -0.351 e. The molecule has 0 saturated heterocycles. The van der Waals surface area contributed by atoms with Crippen LogP contribution >= 0.6 is 0 Å². The zero-order valence-corrected chi connectivity index (χ0v) is 12.2. The van der Waals surface area contributed by atoms with Gasteiger partial charge in [-0.2, -0.15) is 5.26 Å². The van der Waals surface area contributed by atoms with Crippen LogP contribution in [0.25, 0.3) is 0 Å². The van der Waals surface area contributed by atoms with E-state index in [0.29, 0.717) is 5.70 Å². The molecular formula is C18H17N3. The van der Waals surface area contributed by atoms with Crippen molar-refractivity contribution in [1.82, 2.24) is 5.32 Å². The number of benzene rings is 2. The van der Waals surface area contributed by atoms with Crippen LogP contribution in [0.1, 0.15) is 22.9 Å². The minimum absolute atomic E-state index is 0.0411. The van der Waals surface area contributed by atoms with Crippen LogP contribution in [-0.4, -0.2) is 0 Å². The Kier molecular flexibility index (Phi) is 3.37. The molecular weight excluding hydrogens is 258 g/mol. The molecule has 0 radical (unpaired) electrons. The van der Waals surface area contributed by atoms with E-state index in [4.69, 9.17) is 0 Å². The molecule has 3 rings (SSSR count). The molecule has 3 nitrogen and oxygen atoms in total. The van der Waals surface area contributed by atoms with Crippen molar-refractivity contribution in [3.05, 3.63) is 77.1 Å². The van der Waals surface area contributed by atoms with Gasteiger partial charge < -0.3 is 10.2 Å². The molecule has 0 amide bonds. The van der Waals surface area contributed by atoms with Crippen LogP contribution in [0.4, 0.5) is 5.69 Å². The topological polar surface area (TPSA) is 39.1 Å². The lowest BCUT2D eigenvalue weighted by atomic mass is 10.1. The number of para-hydroxylation sites is 1. The van der Waals surface area contributed by atoms with Gasteiger partial charge in [-0.3, -0.25) is 0 Å². The Labute approximate surface area is 125 Å². The third-order valence-electron chi connectivity index (χ3n) is 3.77. The molecule has 1 aliphatic heterocycles. The summed E-state index contributed by atoms with van der Waals surface area (Å²) in [5, 5.41) is 12.5. The smallest absolute Gasteiger partial charge is 0.131 e. The van der Waals surface area contributed by atoms with Gasteiger partial charge in [0, 0.05) is 11.9 Å². The average Bonchev–Trinajstić information content (AvgIpc) is 2.92. The average molecular weight is 275 g/mol. The summed E-state index contributed by atoms with van der Waals surface area (Å²) in [7, 11) is 0. The minimum atomic E-state index is -0.0411. The van der Waals surface area contributed by atoms with Gasteiger partial charge in [0.15, 0.2) is 0 Å². The molecule has 0 aliphatic carbocycles. The van der Waals surface area contributed by atoms with Crippen molar-refractivity contribution in [3.8, 4) is 6.07 Å². The molecule has 1 atom stereocenters. The lowest BCUT2D eigenvalue weighted by molar-refractivity contribution is 0.655. The first kappa shape index (κ1) is 13.3. The van der Waals surface area contributed by atoms with Crippen molar-refractivity contribution in [2.24, 2.45) is 0 Å². The fourth-order valence-corrected chi connectivity index (χ4v) is 2.81. The number of aryl methyl sites for hydroxylation is 2. The van der Waals surface area contributed by atoms with Crippen molar-refractivity contribution in [1.29, 1.82) is 5.26 Å². The van der Waals surface area contributed by atoms with Crippen LogP contribution in [0, 0.1) is 25.2 Å². The predicted molar refractivity (Wildman–Crippen MR) is 84.4 cm³/mol. The Bertz CT molecular complexity index is 706. The lowest BCUT2D eigenvalue weighted by Crippen LogP contribution is -2.28. The van der Waals surface area contributed by atoms with Crippen molar-refractivity contribution in [2.75, 3.05) is 4.90 Å². The van der Waals surface area contributed by atoms with E-state index >= 15 is 0 Å². The number of anilines is 1. The summed E-state index contributed by atoms with van der Waals surface area (Å²) in [6.07, 6.45) is 1.85. The Morgan fingerprint density at radius 2 is 1.67 bits per heavy atom. The van der Waals surface area contributed by atoms with E-state index in [1.807, 2.05) is 24.4 Å². The highest BCUT2D eigenvalue weighted by atomic mass is 15.3. The van der Waals surface area contributed by atoms with E-state index < -0.39 is 0 Å². The van der Waals surface area contributed by atoms with Crippen LogP contribution in [0.3, 0.4) is 0 Å². The maximum absolute atomic E-state index is 9.23. The summed E-state index contributed by atoms with van der Waals surface area (Å²) >= 11 is 0. The lowest BCUT2D eigenvalue weighted by Gasteiger charge is -2.28. The highest BCUT2D eigenvalue weighted by Gasteiger charge is 2.28. The summed E-state index contributed by atoms with van der Waals surface area (Å²) in [6.45, 7) is 4.20. The van der Waals surface area contributed by atoms with E-state index in [9.17, 15) is 5.26 Å². The fraction of sp³-hybridized carbons (Fsp3) is 0.167. The molecule has 0 bridgehead atoms. The molecule has 0 saturated carbocycles. The Hall–Kier alpha value is -2.73. The largest absolute Gasteiger partial charge is 0.351 e. The molecule has 0 fully saturated rings. The maximum Gasteiger partial charge on any atom is 0.131 e. The first-order valence-corrected chi connectivity index (χ1v) is 6.98. The van der Waals surface area contributed by atoms with Crippen molar-refractivity contribution in [2.45, 2.75) is 20.0 Å². The number of nitriles is 1. The standard InChI is InChI=1S/C18H17N3/c1-13-7-6-8-14(2)17(13)21-12-16(11-19)20-18(21)15-9-4-3-5-10-15/h3-10,12,18,20H,1-2H3. The summed E-state index contributed by atoms with van der Waals surface area (Å²) in [5.74, 6) is 0. The summed E-state index contributed by atoms with van der Waals surface area (Å²) in [5.41, 5.74) is 5.29. The van der Waals surface area contributed by atoms with Crippen LogP contribution < -0.4 is 10.2 Å². The highest BCUT2D eigenvalue weighted by Crippen LogP contribution is 2.35. The van der Waals surface area contributed by atoms with Crippen molar-refractivity contribution in [3.63, 3.8) is 0 Å². The molecule has 3 heteroatoms. The van der Waals surface area contributed by atoms with Gasteiger partial charge in [0.2, 0.25) is 0 Å². The van der Waals surface area contributed by atoms with Gasteiger partial charge in [-0.15, -0.1) is 0 Å². The Morgan fingerprint density at radius 1 is 1.00 bits per heavy atom. The van der Waals surface area contributed by atoms with Gasteiger partial charge in [-0.25, -0.2) is 0 Å². The normalized spacial score (nSPS) is 17.1. The fourth-order valence-electron chi connectivity index (χ4n) is 2.81. The molecule has 2 aromatic carbocycles. The number of rotatable bonds is 2. The SMILES string of the molecule is Cc1cccc(C)c1N1C=C(C#N)NC1c1ccccc1. The molecule has 104 valence electrons. The van der Waals surface area contributed by atoms with Crippen molar-refractivity contribution < 1.29 is 0 Å². The van der Waals surface area contributed by atoms with Crippen LogP contribution in [-0.2, 0) is 0 Å². The number of allylic oxidation sites excluding steroid dienone is 1. The first-order chi connectivity index (χ1) is 10.2. The second kappa shape index (κ2) is 5.34. The summed E-state index contributed by atoms with van der Waals surface area (Å²) < 4.78 is 0. The van der Waals surface area contributed by atoms with Crippen LogP contribution in [0.2, 0.25) is 0 Å². The second-order valence-corrected chi connectivity index (χ2v) is 5.26. The molecule has 0 spiro atoms. The molecule has 0 aromatic heterocycles. The second-order valence-electron chi connectivity index (χ2n) is 5.26. The molecule has 1 aliphatic rings. The molecule has 1 N–H and O–H groups in total. The zero-order valence-electron chi connectivity index (χ0n) is 12.2. The quantitative estimate of drug-likeness (QED) is 0.906. The summed E-state index contributed by atoms with van der Waals surface area (Å²) in [6, 6.07) is 18.7. The van der Waals surface area contributed by atoms with E-state index in [1.54, 1.807) is 0 Å². The van der Waals surface area contributed by atoms with Crippen molar-refractivity contribution >= 4 is 5.69 Å². The Balaban J connectivity index is 2.09. The first-order valence-electron chi connectivity index (χ1n) is 6.98. The summed E-state index contributed by atoms with van der Waals surface area (Å²) in [4.78, 5) is 2.15. The molecule has 1 heterocycles. The molecule has 21 heavy (non-hydrogen) atoms. The zero-order chi connectivity index (χ0) is 14.8. The number of hydrogen-bond donors (Lipinski definition) is 1. The van der Waals surface area contributed by atoms with E-state index in [-0.39, 0.29) is 6.17 Å². The highest BCUT2D eigenvalue weighted by molar-refractivity contribution is 5.64. The van der Waals surface area contributed by atoms with Gasteiger partial charge in [-0.05, 0) is 30.5 Å². The van der Waals surface area contributed by atoms with Crippen LogP contribution in [0.15, 0.2) is 60.4 Å². The van der Waals surface area contributed by atoms with E-state index in [1.165, 1.54) is 11.1 Å². The van der Waals surface area contributed by atoms with Gasteiger partial charge >= 0.3 is 0 Å². The van der Waals surface area contributed by atoms with Crippen LogP contribution in [0.5, 0.6) is 0 Å². The molecule has 1 unspecified atom stereocenters. The van der Waals surface area contributed by atoms with E-state index in [0.717, 1.165) is 11.3 Å². The van der Waals surface area contributed by atoms with Gasteiger partial charge in [-0.1, -0.05) is 48.5 Å². The number of nitrogens with zero attached hydrogens (tertiary/aromatic N) is 2. The Morgan fingerprint density at radius 3 is 2.29 bits per heavy atom. The van der Waals surface area contributed by atoms with Gasteiger partial charge in [0.25, 0.3) is 0 Å². The number of nitrogens with one attached hydrogen (secondary N) is 1. The van der Waals surface area contributed by atoms with Gasteiger partial charge in [0.05, 0.1) is 0 Å². The van der Waals surface area contributed by atoms with Gasteiger partial charge in [0.1, 0.15) is 17.9 Å². The maximum atomic E-state index is 9.23. The van der Waals surface area contributed by atoms with E-state index in [2.05, 4.69) is 60.5 Å². The predicted octanol–water partition coefficient (Wildman–Crippen LogP) is 3.78. The molecule has 2 aromatic rings. The monoisotopic (exact) mass is 275 g/mol. The third kappa shape index (κ3) is 2.36. The third-order valence-corrected chi connectivity index (χ3v) is 3.77.